The lowest BCUT2D eigenvalue weighted by atomic mass is 10.1. The Kier molecular flexibility index (Phi) is 17.9. The molecule has 19 heteroatoms. The summed E-state index contributed by atoms with van der Waals surface area (Å²) < 4.78 is 0. The molecular weight excluding hydrogens is 688 g/mol. The van der Waals surface area contributed by atoms with E-state index in [9.17, 15) is 53.1 Å². The van der Waals surface area contributed by atoms with E-state index in [1.807, 2.05) is 13.0 Å². The zero-order valence-electron chi connectivity index (χ0n) is 28.7. The number of imide groups is 1. The third-order valence-corrected chi connectivity index (χ3v) is 7.52. The molecule has 52 heavy (non-hydrogen) atoms. The number of nitrogens with one attached hydrogen (secondary N) is 5. The highest BCUT2D eigenvalue weighted by Gasteiger charge is 2.32. The van der Waals surface area contributed by atoms with Crippen molar-refractivity contribution in [2.75, 3.05) is 19.6 Å². The highest BCUT2D eigenvalue weighted by molar-refractivity contribution is 6.01. The molecule has 1 aliphatic heterocycles. The van der Waals surface area contributed by atoms with Crippen molar-refractivity contribution in [1.82, 2.24) is 31.6 Å². The van der Waals surface area contributed by atoms with Gasteiger partial charge >= 0.3 is 17.9 Å². The standard InChI is InChI=1S/C33H44N6O13/c1-20-7-6-8-21(17-20)31(48)34-16-5-4-9-23(33(50)51)38-26(42)19-36-32(49)22(12-15-29(45)46)37-25(41)18-35-24(40)10-2-3-11-30(47)52-39-27(43)13-14-28(39)44/h6-8,17,22-23H,2-5,9-16,18-19H2,1H3,(H,34,48)(H,35,40)(H,36,49)(H,37,41)(H,38,42)(H,45,46)(H,50,51)/t22-,23-/m1/s1. The zero-order chi connectivity index (χ0) is 38.6. The van der Waals surface area contributed by atoms with Gasteiger partial charge in [0.1, 0.15) is 12.1 Å². The quantitative estimate of drug-likeness (QED) is 0.0537. The highest BCUT2D eigenvalue weighted by atomic mass is 16.7. The fraction of sp³-hybridized carbons (Fsp3) is 0.515. The Labute approximate surface area is 298 Å². The Morgan fingerprint density at radius 3 is 2.02 bits per heavy atom. The highest BCUT2D eigenvalue weighted by Crippen LogP contribution is 2.13. The molecule has 284 valence electrons. The van der Waals surface area contributed by atoms with Crippen LogP contribution in [0.2, 0.25) is 0 Å². The summed E-state index contributed by atoms with van der Waals surface area (Å²) >= 11 is 0. The lowest BCUT2D eigenvalue weighted by Gasteiger charge is -2.19. The van der Waals surface area contributed by atoms with E-state index in [-0.39, 0.29) is 63.8 Å². The van der Waals surface area contributed by atoms with E-state index in [1.165, 1.54) is 0 Å². The molecule has 0 aromatic heterocycles. The van der Waals surface area contributed by atoms with Crippen LogP contribution in [0.5, 0.6) is 0 Å². The van der Waals surface area contributed by atoms with E-state index in [0.29, 0.717) is 23.5 Å². The van der Waals surface area contributed by atoms with Crippen LogP contribution in [0.4, 0.5) is 0 Å². The molecule has 0 saturated carbocycles. The molecule has 1 heterocycles. The van der Waals surface area contributed by atoms with Gasteiger partial charge in [-0.15, -0.1) is 5.06 Å². The second kappa shape index (κ2) is 22.0. The molecule has 0 aliphatic carbocycles. The summed E-state index contributed by atoms with van der Waals surface area (Å²) in [7, 11) is 0. The smallest absolute Gasteiger partial charge is 0.333 e. The van der Waals surface area contributed by atoms with Crippen LogP contribution in [-0.2, 0) is 48.0 Å². The fourth-order valence-electron chi connectivity index (χ4n) is 4.77. The van der Waals surface area contributed by atoms with Crippen molar-refractivity contribution in [2.45, 2.75) is 89.6 Å². The Hall–Kier alpha value is -5.88. The summed E-state index contributed by atoms with van der Waals surface area (Å²) in [5.41, 5.74) is 1.42. The van der Waals surface area contributed by atoms with Gasteiger partial charge in [0.15, 0.2) is 0 Å². The molecule has 19 nitrogen and oxygen atoms in total. The Morgan fingerprint density at radius 1 is 0.750 bits per heavy atom. The molecular formula is C33H44N6O13. The van der Waals surface area contributed by atoms with Crippen LogP contribution in [0.25, 0.3) is 0 Å². The topological polar surface area (TPSA) is 284 Å². The Morgan fingerprint density at radius 2 is 1.38 bits per heavy atom. The first-order valence-corrected chi connectivity index (χ1v) is 16.7. The second-order valence-electron chi connectivity index (χ2n) is 11.9. The first-order valence-electron chi connectivity index (χ1n) is 16.7. The molecule has 0 unspecified atom stereocenters. The first kappa shape index (κ1) is 42.3. The number of hydrogen-bond acceptors (Lipinski definition) is 11. The van der Waals surface area contributed by atoms with Crippen LogP contribution < -0.4 is 26.6 Å². The van der Waals surface area contributed by atoms with Gasteiger partial charge in [-0.2, -0.15) is 0 Å². The summed E-state index contributed by atoms with van der Waals surface area (Å²) in [6, 6.07) is 4.33. The molecule has 1 saturated heterocycles. The van der Waals surface area contributed by atoms with Crippen LogP contribution in [0.15, 0.2) is 24.3 Å². The number of carbonyl (C=O) groups is 10. The van der Waals surface area contributed by atoms with Crippen molar-refractivity contribution in [3.8, 4) is 0 Å². The van der Waals surface area contributed by atoms with Crippen LogP contribution in [0.3, 0.4) is 0 Å². The predicted octanol–water partition coefficient (Wildman–Crippen LogP) is -0.786. The summed E-state index contributed by atoms with van der Waals surface area (Å²) in [5, 5.41) is 30.9. The molecule has 1 aromatic rings. The van der Waals surface area contributed by atoms with Crippen molar-refractivity contribution in [3.63, 3.8) is 0 Å². The largest absolute Gasteiger partial charge is 0.481 e. The van der Waals surface area contributed by atoms with Crippen molar-refractivity contribution in [3.05, 3.63) is 35.4 Å². The van der Waals surface area contributed by atoms with Crippen molar-refractivity contribution >= 4 is 59.3 Å². The molecule has 2 atom stereocenters. The number of carboxylic acid groups (broad SMARTS) is 2. The van der Waals surface area contributed by atoms with Crippen LogP contribution in [0, 0.1) is 6.92 Å². The number of amides is 7. The van der Waals surface area contributed by atoms with E-state index in [2.05, 4.69) is 26.6 Å². The number of aryl methyl sites for hydroxylation is 1. The van der Waals surface area contributed by atoms with Crippen molar-refractivity contribution < 1.29 is 63.0 Å². The second-order valence-corrected chi connectivity index (χ2v) is 11.9. The SMILES string of the molecule is Cc1cccc(C(=O)NCCCC[C@@H](NC(=O)CNC(=O)[C@@H](CCC(=O)O)NC(=O)CNC(=O)CCCCC(=O)ON2C(=O)CCC2=O)C(=O)O)c1. The van der Waals surface area contributed by atoms with Gasteiger partial charge in [-0.25, -0.2) is 9.59 Å². The molecule has 7 amide bonds. The number of carbonyl (C=O) groups excluding carboxylic acids is 8. The number of hydroxylamine groups is 2. The van der Waals surface area contributed by atoms with E-state index in [1.54, 1.807) is 18.2 Å². The summed E-state index contributed by atoms with van der Waals surface area (Å²) in [6.45, 7) is 0.884. The average molecular weight is 733 g/mol. The number of aliphatic carboxylic acids is 2. The van der Waals surface area contributed by atoms with Gasteiger partial charge in [-0.3, -0.25) is 38.4 Å². The van der Waals surface area contributed by atoms with E-state index < -0.39 is 84.9 Å². The van der Waals surface area contributed by atoms with E-state index in [0.717, 1.165) is 5.56 Å². The van der Waals surface area contributed by atoms with Crippen molar-refractivity contribution in [2.24, 2.45) is 0 Å². The summed E-state index contributed by atoms with van der Waals surface area (Å²) in [6.07, 6.45) is -0.0326. The van der Waals surface area contributed by atoms with Crippen molar-refractivity contribution in [1.29, 1.82) is 0 Å². The molecule has 1 fully saturated rings. The number of hydrogen-bond donors (Lipinski definition) is 7. The third-order valence-electron chi connectivity index (χ3n) is 7.52. The maximum Gasteiger partial charge on any atom is 0.333 e. The van der Waals surface area contributed by atoms with E-state index >= 15 is 0 Å². The Balaban J connectivity index is 1.71. The van der Waals surface area contributed by atoms with Gasteiger partial charge in [0.2, 0.25) is 23.6 Å². The van der Waals surface area contributed by atoms with Gasteiger partial charge in [0.25, 0.3) is 17.7 Å². The van der Waals surface area contributed by atoms with E-state index in [4.69, 9.17) is 9.94 Å². The monoisotopic (exact) mass is 732 g/mol. The number of unbranched alkanes of at least 4 members (excludes halogenated alkanes) is 2. The lowest BCUT2D eigenvalue weighted by Crippen LogP contribution is -2.52. The summed E-state index contributed by atoms with van der Waals surface area (Å²) in [4.78, 5) is 124. The maximum atomic E-state index is 12.7. The predicted molar refractivity (Wildman–Crippen MR) is 177 cm³/mol. The molecule has 1 aliphatic rings. The van der Waals surface area contributed by atoms with Gasteiger partial charge in [0, 0.05) is 44.2 Å². The number of rotatable bonds is 23. The minimum Gasteiger partial charge on any atom is -0.481 e. The number of benzene rings is 1. The van der Waals surface area contributed by atoms with Crippen LogP contribution >= 0.6 is 0 Å². The maximum absolute atomic E-state index is 12.7. The fourth-order valence-corrected chi connectivity index (χ4v) is 4.77. The molecule has 0 radical (unpaired) electrons. The van der Waals surface area contributed by atoms with Gasteiger partial charge in [-0.05, 0) is 57.6 Å². The molecule has 1 aromatic carbocycles. The lowest BCUT2D eigenvalue weighted by molar-refractivity contribution is -0.197. The molecule has 0 bridgehead atoms. The normalized spacial score (nSPS) is 13.4. The van der Waals surface area contributed by atoms with Gasteiger partial charge < -0.3 is 41.6 Å². The van der Waals surface area contributed by atoms with Crippen LogP contribution in [-0.4, -0.2) is 106 Å². The molecule has 0 spiro atoms. The average Bonchev–Trinajstić information content (AvgIpc) is 3.40. The molecule has 7 N–H and O–H groups in total. The Bertz CT molecular complexity index is 1500. The number of nitrogens with zero attached hydrogens (tertiary/aromatic N) is 1. The minimum absolute atomic E-state index is 0.0357. The zero-order valence-corrected chi connectivity index (χ0v) is 28.7. The third kappa shape index (κ3) is 16.2. The number of carboxylic acids is 2. The van der Waals surface area contributed by atoms with Crippen LogP contribution in [0.1, 0.15) is 86.6 Å². The minimum atomic E-state index is -1.40. The molecule has 2 rings (SSSR count). The summed E-state index contributed by atoms with van der Waals surface area (Å²) in [5.74, 6) is -8.08. The first-order chi connectivity index (χ1) is 24.7. The van der Waals surface area contributed by atoms with Gasteiger partial charge in [-0.1, -0.05) is 17.7 Å². The van der Waals surface area contributed by atoms with Gasteiger partial charge in [0.05, 0.1) is 13.1 Å².